The largest absolute Gasteiger partial charge is 0.497 e. The van der Waals surface area contributed by atoms with E-state index in [1.807, 2.05) is 6.08 Å². The summed E-state index contributed by atoms with van der Waals surface area (Å²) in [4.78, 5) is 21.5. The second kappa shape index (κ2) is 8.30. The van der Waals surface area contributed by atoms with Gasteiger partial charge in [-0.1, -0.05) is 29.9 Å². The Balaban J connectivity index is 1.43. The van der Waals surface area contributed by atoms with Gasteiger partial charge in [-0.3, -0.25) is 9.79 Å². The van der Waals surface area contributed by atoms with Gasteiger partial charge in [-0.15, -0.1) is 0 Å². The van der Waals surface area contributed by atoms with Crippen LogP contribution in [0.3, 0.4) is 0 Å². The van der Waals surface area contributed by atoms with E-state index in [4.69, 9.17) is 9.73 Å². The third-order valence-corrected chi connectivity index (χ3v) is 5.83. The first kappa shape index (κ1) is 20.1. The smallest absolute Gasteiger partial charge is 0.164 e. The standard InChI is InChI=1S/C24H28N4O2/c1-16-5-4-6-18(8-7-16)26-15-19-12-20(29)13-22(27-19)28-23(25-2)24-10-9-21(30-3)11-17(24)14-24/h4-5,7-12,17,26H,6,13-15H2,1-3H3,(H,25,27,28). The lowest BCUT2D eigenvalue weighted by Gasteiger charge is -2.21. The lowest BCUT2D eigenvalue weighted by Crippen LogP contribution is -2.36. The molecule has 0 aromatic rings. The lowest BCUT2D eigenvalue weighted by molar-refractivity contribution is -0.113. The number of nitrogens with one attached hydrogen (secondary N) is 2. The molecule has 0 saturated heterocycles. The Labute approximate surface area is 177 Å². The molecular formula is C24H28N4O2. The van der Waals surface area contributed by atoms with E-state index in [0.717, 1.165) is 35.8 Å². The first-order valence-corrected chi connectivity index (χ1v) is 10.3. The molecule has 1 aliphatic heterocycles. The van der Waals surface area contributed by atoms with Crippen LogP contribution >= 0.6 is 0 Å². The number of amidine groups is 2. The van der Waals surface area contributed by atoms with Crippen LogP contribution in [0.4, 0.5) is 0 Å². The Morgan fingerprint density at radius 1 is 1.37 bits per heavy atom. The molecule has 4 rings (SSSR count). The van der Waals surface area contributed by atoms with Gasteiger partial charge in [0.25, 0.3) is 0 Å². The maximum atomic E-state index is 12.3. The van der Waals surface area contributed by atoms with E-state index in [0.29, 0.717) is 18.3 Å². The van der Waals surface area contributed by atoms with Gasteiger partial charge in [0.2, 0.25) is 0 Å². The highest BCUT2D eigenvalue weighted by Crippen LogP contribution is 2.58. The summed E-state index contributed by atoms with van der Waals surface area (Å²) in [6, 6.07) is 0. The van der Waals surface area contributed by atoms with Crippen molar-refractivity contribution in [2.45, 2.75) is 26.2 Å². The fraction of sp³-hybridized carbons (Fsp3) is 0.375. The summed E-state index contributed by atoms with van der Waals surface area (Å²) >= 11 is 0. The summed E-state index contributed by atoms with van der Waals surface area (Å²) in [5.41, 5.74) is 2.99. The van der Waals surface area contributed by atoms with Crippen molar-refractivity contribution in [1.29, 1.82) is 0 Å². The van der Waals surface area contributed by atoms with Crippen LogP contribution in [0, 0.1) is 11.3 Å². The van der Waals surface area contributed by atoms with Crippen molar-refractivity contribution in [3.05, 3.63) is 71.3 Å². The first-order valence-electron chi connectivity index (χ1n) is 10.3. The van der Waals surface area contributed by atoms with E-state index in [1.54, 1.807) is 20.2 Å². The van der Waals surface area contributed by atoms with E-state index in [-0.39, 0.29) is 17.6 Å². The highest BCUT2D eigenvalue weighted by Gasteiger charge is 2.56. The molecule has 0 amide bonds. The summed E-state index contributed by atoms with van der Waals surface area (Å²) in [5.74, 6) is 2.70. The second-order valence-electron chi connectivity index (χ2n) is 8.06. The van der Waals surface area contributed by atoms with E-state index >= 15 is 0 Å². The minimum atomic E-state index is -0.171. The molecule has 1 fully saturated rings. The SMILES string of the molecule is CN=C(N=C1CC(=O)C=C(CNC2=CC=C(C)C=CC2)N1)C12C=CC(OC)=CC1C2. The number of carbonyl (C=O) groups is 1. The van der Waals surface area contributed by atoms with Gasteiger partial charge in [0, 0.05) is 30.9 Å². The van der Waals surface area contributed by atoms with Crippen molar-refractivity contribution in [3.63, 3.8) is 0 Å². The molecule has 6 heteroatoms. The summed E-state index contributed by atoms with van der Waals surface area (Å²) in [6.45, 7) is 2.62. The van der Waals surface area contributed by atoms with Gasteiger partial charge in [0.05, 0.1) is 25.5 Å². The van der Waals surface area contributed by atoms with Gasteiger partial charge in [-0.2, -0.15) is 0 Å². The number of ketones is 1. The van der Waals surface area contributed by atoms with E-state index in [1.165, 1.54) is 5.57 Å². The minimum absolute atomic E-state index is 0.0517. The van der Waals surface area contributed by atoms with Crippen molar-refractivity contribution in [3.8, 4) is 0 Å². The van der Waals surface area contributed by atoms with Crippen LogP contribution in [0.5, 0.6) is 0 Å². The van der Waals surface area contributed by atoms with Gasteiger partial charge in [-0.25, -0.2) is 4.99 Å². The van der Waals surface area contributed by atoms with Crippen molar-refractivity contribution in [2.75, 3.05) is 20.7 Å². The summed E-state index contributed by atoms with van der Waals surface area (Å²) < 4.78 is 5.33. The Hall–Kier alpha value is -3.15. The molecule has 30 heavy (non-hydrogen) atoms. The van der Waals surface area contributed by atoms with Crippen LogP contribution in [-0.2, 0) is 9.53 Å². The van der Waals surface area contributed by atoms with Crippen LogP contribution in [0.1, 0.15) is 26.2 Å². The maximum absolute atomic E-state index is 12.3. The van der Waals surface area contributed by atoms with Gasteiger partial charge < -0.3 is 15.4 Å². The Morgan fingerprint density at radius 3 is 3.00 bits per heavy atom. The van der Waals surface area contributed by atoms with E-state index in [2.05, 4.69) is 59.0 Å². The lowest BCUT2D eigenvalue weighted by atomic mass is 9.97. The zero-order valence-corrected chi connectivity index (χ0v) is 17.7. The molecule has 156 valence electrons. The number of fused-ring (bicyclic) bond motifs is 1. The number of allylic oxidation sites excluding steroid dienone is 8. The second-order valence-corrected chi connectivity index (χ2v) is 8.06. The molecule has 4 aliphatic rings. The predicted molar refractivity (Wildman–Crippen MR) is 120 cm³/mol. The van der Waals surface area contributed by atoms with Crippen LogP contribution in [0.25, 0.3) is 0 Å². The zero-order chi connectivity index (χ0) is 21.1. The zero-order valence-electron chi connectivity index (χ0n) is 17.7. The Bertz CT molecular complexity index is 991. The third kappa shape index (κ3) is 4.22. The molecule has 0 radical (unpaired) electrons. The molecule has 0 aromatic carbocycles. The quantitative estimate of drug-likeness (QED) is 0.544. The summed E-state index contributed by atoms with van der Waals surface area (Å²) in [5, 5.41) is 6.74. The normalized spacial score (nSPS) is 29.2. The molecule has 6 nitrogen and oxygen atoms in total. The third-order valence-electron chi connectivity index (χ3n) is 5.83. The van der Waals surface area contributed by atoms with Crippen LogP contribution < -0.4 is 10.6 Å². The highest BCUT2D eigenvalue weighted by atomic mass is 16.5. The molecule has 2 N–H and O–H groups in total. The Morgan fingerprint density at radius 2 is 2.23 bits per heavy atom. The fourth-order valence-corrected chi connectivity index (χ4v) is 4.05. The Kier molecular flexibility index (Phi) is 5.57. The topological polar surface area (TPSA) is 75.1 Å². The number of rotatable bonds is 5. The average molecular weight is 405 g/mol. The monoisotopic (exact) mass is 404 g/mol. The van der Waals surface area contributed by atoms with Crippen molar-refractivity contribution in [1.82, 2.24) is 10.6 Å². The summed E-state index contributed by atoms with van der Waals surface area (Å²) in [7, 11) is 3.44. The number of aliphatic imine (C=N–C) groups is 2. The summed E-state index contributed by atoms with van der Waals surface area (Å²) in [6.07, 6.45) is 18.4. The molecule has 0 aromatic heterocycles. The number of nitrogens with zero attached hydrogens (tertiary/aromatic N) is 2. The minimum Gasteiger partial charge on any atom is -0.497 e. The number of ether oxygens (including phenoxy) is 1. The van der Waals surface area contributed by atoms with Gasteiger partial charge >= 0.3 is 0 Å². The van der Waals surface area contributed by atoms with Crippen molar-refractivity contribution in [2.24, 2.45) is 21.3 Å². The highest BCUT2D eigenvalue weighted by molar-refractivity contribution is 6.13. The molecule has 1 saturated carbocycles. The first-order chi connectivity index (χ1) is 14.5. The predicted octanol–water partition coefficient (Wildman–Crippen LogP) is 3.35. The number of hydrogen-bond donors (Lipinski definition) is 2. The molecule has 0 spiro atoms. The maximum Gasteiger partial charge on any atom is 0.164 e. The van der Waals surface area contributed by atoms with Gasteiger partial charge in [-0.05, 0) is 37.5 Å². The number of carbonyl (C=O) groups excluding carboxylic acids is 1. The molecule has 0 bridgehead atoms. The van der Waals surface area contributed by atoms with Crippen molar-refractivity contribution < 1.29 is 9.53 Å². The van der Waals surface area contributed by atoms with E-state index < -0.39 is 0 Å². The van der Waals surface area contributed by atoms with Crippen LogP contribution in [-0.4, -0.2) is 38.2 Å². The van der Waals surface area contributed by atoms with Gasteiger partial charge in [0.15, 0.2) is 5.78 Å². The molecular weight excluding hydrogens is 376 g/mol. The number of hydrogen-bond acceptors (Lipinski definition) is 4. The van der Waals surface area contributed by atoms with Crippen molar-refractivity contribution >= 4 is 17.5 Å². The van der Waals surface area contributed by atoms with Gasteiger partial charge in [0.1, 0.15) is 17.4 Å². The molecule has 1 heterocycles. The average Bonchev–Trinajstić information content (AvgIpc) is 3.50. The number of methoxy groups -OCH3 is 1. The molecule has 2 unspecified atom stereocenters. The fourth-order valence-electron chi connectivity index (χ4n) is 4.05. The van der Waals surface area contributed by atoms with E-state index in [9.17, 15) is 4.79 Å². The van der Waals surface area contributed by atoms with Crippen LogP contribution in [0.2, 0.25) is 0 Å². The molecule has 3 aliphatic carbocycles. The van der Waals surface area contributed by atoms with Crippen LogP contribution in [0.15, 0.2) is 81.3 Å². The molecule has 2 atom stereocenters.